The Kier molecular flexibility index (Phi) is 6.94. The number of piperazine rings is 1. The van der Waals surface area contributed by atoms with E-state index in [0.717, 1.165) is 72.0 Å². The SMILES string of the molecule is CNc1ccn(-c2ccnc3c2cc(CN2CCN(c4ccc(C(=O)N(C)C)cc4C)CC2)n3C)c(=O)c1. The summed E-state index contributed by atoms with van der Waals surface area (Å²) in [6.07, 6.45) is 3.57. The van der Waals surface area contributed by atoms with Crippen LogP contribution in [0.15, 0.2) is 59.7 Å². The third kappa shape index (κ3) is 4.77. The Morgan fingerprint density at radius 3 is 2.45 bits per heavy atom. The molecule has 0 unspecified atom stereocenters. The number of pyridine rings is 2. The topological polar surface area (TPSA) is 78.6 Å². The molecular weight excluding hydrogens is 478 g/mol. The minimum absolute atomic E-state index is 0.0249. The van der Waals surface area contributed by atoms with Gasteiger partial charge in [0.2, 0.25) is 0 Å². The highest BCUT2D eigenvalue weighted by Gasteiger charge is 2.21. The largest absolute Gasteiger partial charge is 0.388 e. The monoisotopic (exact) mass is 513 g/mol. The Bertz CT molecular complexity index is 1540. The maximum Gasteiger partial charge on any atom is 0.257 e. The second kappa shape index (κ2) is 10.3. The lowest BCUT2D eigenvalue weighted by Gasteiger charge is -2.37. The lowest BCUT2D eigenvalue weighted by atomic mass is 10.1. The van der Waals surface area contributed by atoms with Gasteiger partial charge in [0.25, 0.3) is 11.5 Å². The van der Waals surface area contributed by atoms with E-state index in [4.69, 9.17) is 0 Å². The molecule has 1 amide bonds. The fourth-order valence-corrected chi connectivity index (χ4v) is 5.23. The normalized spacial score (nSPS) is 14.2. The van der Waals surface area contributed by atoms with Crippen LogP contribution in [0.1, 0.15) is 21.6 Å². The number of rotatable bonds is 6. The van der Waals surface area contributed by atoms with E-state index < -0.39 is 0 Å². The molecule has 3 aromatic heterocycles. The zero-order chi connectivity index (χ0) is 27.0. The first-order valence-corrected chi connectivity index (χ1v) is 12.9. The first-order valence-electron chi connectivity index (χ1n) is 12.9. The van der Waals surface area contributed by atoms with Crippen LogP contribution < -0.4 is 15.8 Å². The summed E-state index contributed by atoms with van der Waals surface area (Å²) in [5, 5.41) is 3.98. The van der Waals surface area contributed by atoms with Crippen molar-refractivity contribution in [1.29, 1.82) is 0 Å². The number of hydrogen-bond acceptors (Lipinski definition) is 6. The van der Waals surface area contributed by atoms with E-state index in [-0.39, 0.29) is 11.5 Å². The van der Waals surface area contributed by atoms with Gasteiger partial charge >= 0.3 is 0 Å². The molecule has 0 bridgehead atoms. The molecule has 1 fully saturated rings. The molecule has 0 aliphatic carbocycles. The van der Waals surface area contributed by atoms with Crippen LogP contribution in [0.4, 0.5) is 11.4 Å². The molecule has 1 N–H and O–H groups in total. The van der Waals surface area contributed by atoms with Crippen molar-refractivity contribution in [2.24, 2.45) is 7.05 Å². The van der Waals surface area contributed by atoms with E-state index in [0.29, 0.717) is 0 Å². The van der Waals surface area contributed by atoms with Gasteiger partial charge in [-0.3, -0.25) is 19.1 Å². The zero-order valence-electron chi connectivity index (χ0n) is 22.7. The Morgan fingerprint density at radius 2 is 1.79 bits per heavy atom. The summed E-state index contributed by atoms with van der Waals surface area (Å²) in [7, 11) is 7.40. The van der Waals surface area contributed by atoms with Crippen molar-refractivity contribution in [1.82, 2.24) is 23.9 Å². The Balaban J connectivity index is 1.32. The van der Waals surface area contributed by atoms with Gasteiger partial charge in [0.15, 0.2) is 0 Å². The molecule has 1 aliphatic rings. The van der Waals surface area contributed by atoms with Crippen LogP contribution in [0.2, 0.25) is 0 Å². The molecule has 0 spiro atoms. The van der Waals surface area contributed by atoms with Crippen molar-refractivity contribution < 1.29 is 4.79 Å². The van der Waals surface area contributed by atoms with Gasteiger partial charge in [-0.25, -0.2) is 4.98 Å². The summed E-state index contributed by atoms with van der Waals surface area (Å²) in [6, 6.07) is 13.5. The van der Waals surface area contributed by atoms with E-state index in [2.05, 4.69) is 43.7 Å². The minimum Gasteiger partial charge on any atom is -0.388 e. The van der Waals surface area contributed by atoms with Gasteiger partial charge in [0.05, 0.1) is 5.69 Å². The van der Waals surface area contributed by atoms with Crippen LogP contribution in [-0.2, 0) is 13.6 Å². The summed E-state index contributed by atoms with van der Waals surface area (Å²) in [5.41, 5.74) is 6.60. The zero-order valence-corrected chi connectivity index (χ0v) is 22.7. The number of nitrogens with zero attached hydrogens (tertiary/aromatic N) is 6. The van der Waals surface area contributed by atoms with Crippen LogP contribution in [0.3, 0.4) is 0 Å². The lowest BCUT2D eigenvalue weighted by Crippen LogP contribution is -2.46. The van der Waals surface area contributed by atoms with Crippen molar-refractivity contribution in [2.45, 2.75) is 13.5 Å². The summed E-state index contributed by atoms with van der Waals surface area (Å²) in [6.45, 7) is 6.59. The Hall–Kier alpha value is -4.11. The number of fused-ring (bicyclic) bond motifs is 1. The highest BCUT2D eigenvalue weighted by atomic mass is 16.2. The maximum absolute atomic E-state index is 12.8. The fourth-order valence-electron chi connectivity index (χ4n) is 5.23. The summed E-state index contributed by atoms with van der Waals surface area (Å²) in [5.74, 6) is 0.0249. The van der Waals surface area contributed by atoms with E-state index in [1.165, 1.54) is 5.69 Å². The smallest absolute Gasteiger partial charge is 0.257 e. The van der Waals surface area contributed by atoms with E-state index >= 15 is 0 Å². The molecule has 38 heavy (non-hydrogen) atoms. The van der Waals surface area contributed by atoms with Crippen molar-refractivity contribution in [3.05, 3.63) is 82.0 Å². The molecule has 1 aromatic carbocycles. The van der Waals surface area contributed by atoms with E-state index in [9.17, 15) is 9.59 Å². The van der Waals surface area contributed by atoms with Crippen LogP contribution in [0.5, 0.6) is 0 Å². The molecule has 9 nitrogen and oxygen atoms in total. The predicted octanol–water partition coefficient (Wildman–Crippen LogP) is 3.10. The van der Waals surface area contributed by atoms with E-state index in [1.807, 2.05) is 31.3 Å². The van der Waals surface area contributed by atoms with Crippen LogP contribution in [0.25, 0.3) is 16.7 Å². The molecule has 0 radical (unpaired) electrons. The van der Waals surface area contributed by atoms with Crippen LogP contribution in [0, 0.1) is 6.92 Å². The maximum atomic E-state index is 12.8. The summed E-state index contributed by atoms with van der Waals surface area (Å²) >= 11 is 0. The summed E-state index contributed by atoms with van der Waals surface area (Å²) < 4.78 is 3.80. The van der Waals surface area contributed by atoms with Crippen LogP contribution in [-0.4, -0.2) is 77.1 Å². The van der Waals surface area contributed by atoms with Gasteiger partial charge in [-0.2, -0.15) is 0 Å². The molecule has 0 atom stereocenters. The number of carbonyl (C=O) groups is 1. The molecule has 5 rings (SSSR count). The average molecular weight is 514 g/mol. The number of nitrogens with one attached hydrogen (secondary N) is 1. The standard InChI is InChI=1S/C29H35N7O2/c1-20-16-21(29(38)32(3)4)6-7-25(20)35-14-12-34(13-15-35)19-23-18-24-26(8-10-31-28(24)33(23)5)36-11-9-22(30-2)17-27(36)37/h6-11,16-18,30H,12-15,19H2,1-5H3. The number of hydrogen-bond donors (Lipinski definition) is 1. The molecule has 1 saturated heterocycles. The molecule has 4 heterocycles. The molecular formula is C29H35N7O2. The van der Waals surface area contributed by atoms with Gasteiger partial charge in [-0.15, -0.1) is 0 Å². The molecule has 198 valence electrons. The number of amides is 1. The molecule has 0 saturated carbocycles. The van der Waals surface area contributed by atoms with Gasteiger partial charge in [0.1, 0.15) is 5.65 Å². The molecule has 1 aliphatic heterocycles. The van der Waals surface area contributed by atoms with Crippen LogP contribution >= 0.6 is 0 Å². The highest BCUT2D eigenvalue weighted by molar-refractivity contribution is 5.94. The summed E-state index contributed by atoms with van der Waals surface area (Å²) in [4.78, 5) is 36.2. The van der Waals surface area contributed by atoms with Crippen molar-refractivity contribution >= 4 is 28.3 Å². The van der Waals surface area contributed by atoms with Crippen molar-refractivity contribution in [3.63, 3.8) is 0 Å². The second-order valence-electron chi connectivity index (χ2n) is 10.1. The van der Waals surface area contributed by atoms with E-state index in [1.54, 1.807) is 49.1 Å². The lowest BCUT2D eigenvalue weighted by molar-refractivity contribution is 0.0827. The minimum atomic E-state index is -0.0831. The predicted molar refractivity (Wildman–Crippen MR) is 153 cm³/mol. The quantitative estimate of drug-likeness (QED) is 0.427. The van der Waals surface area contributed by atoms with Gasteiger partial charge in [-0.05, 0) is 48.9 Å². The number of aromatic nitrogens is 3. The number of benzene rings is 1. The third-order valence-electron chi connectivity index (χ3n) is 7.42. The van der Waals surface area contributed by atoms with Crippen molar-refractivity contribution in [2.75, 3.05) is 57.5 Å². The van der Waals surface area contributed by atoms with Gasteiger partial charge in [0, 0.05) is 107 Å². The number of anilines is 2. The van der Waals surface area contributed by atoms with Crippen molar-refractivity contribution in [3.8, 4) is 5.69 Å². The Morgan fingerprint density at radius 1 is 1.03 bits per heavy atom. The first kappa shape index (κ1) is 25.5. The van der Waals surface area contributed by atoms with Gasteiger partial charge in [-0.1, -0.05) is 0 Å². The number of carbonyl (C=O) groups excluding carboxylic acids is 1. The Labute approximate surface area is 222 Å². The average Bonchev–Trinajstić information content (AvgIpc) is 3.23. The number of aryl methyl sites for hydroxylation is 2. The second-order valence-corrected chi connectivity index (χ2v) is 10.1. The molecule has 4 aromatic rings. The fraction of sp³-hybridized carbons (Fsp3) is 0.345. The van der Waals surface area contributed by atoms with Gasteiger partial charge < -0.3 is 19.7 Å². The third-order valence-corrected chi connectivity index (χ3v) is 7.42. The highest BCUT2D eigenvalue weighted by Crippen LogP contribution is 2.26. The molecule has 9 heteroatoms. The first-order chi connectivity index (χ1) is 18.3.